The van der Waals surface area contributed by atoms with Crippen LogP contribution in [0.15, 0.2) is 47.2 Å². The monoisotopic (exact) mass is 343 g/mol. The van der Waals surface area contributed by atoms with Crippen LogP contribution in [0.2, 0.25) is 0 Å². The number of benzene rings is 1. The van der Waals surface area contributed by atoms with Gasteiger partial charge in [0, 0.05) is 11.8 Å². The van der Waals surface area contributed by atoms with Crippen molar-refractivity contribution in [2.75, 3.05) is 6.79 Å². The van der Waals surface area contributed by atoms with Crippen LogP contribution in [0.4, 0.5) is 0 Å². The van der Waals surface area contributed by atoms with Crippen molar-refractivity contribution in [2.24, 2.45) is 0 Å². The fourth-order valence-electron chi connectivity index (χ4n) is 2.31. The second-order valence-electron chi connectivity index (χ2n) is 4.56. The Labute approximate surface area is 129 Å². The third kappa shape index (κ3) is 2.17. The maximum atomic E-state index is 5.43. The van der Waals surface area contributed by atoms with E-state index in [1.165, 1.54) is 0 Å². The van der Waals surface area contributed by atoms with E-state index in [0.29, 0.717) is 0 Å². The minimum atomic E-state index is 0.268. The number of aromatic nitrogens is 3. The molecule has 0 saturated carbocycles. The van der Waals surface area contributed by atoms with Gasteiger partial charge in [0.15, 0.2) is 11.5 Å². The second-order valence-corrected chi connectivity index (χ2v) is 5.37. The molecule has 3 aromatic rings. The summed E-state index contributed by atoms with van der Waals surface area (Å²) in [6.07, 6.45) is 1.86. The summed E-state index contributed by atoms with van der Waals surface area (Å²) in [5, 5.41) is 7.22. The summed E-state index contributed by atoms with van der Waals surface area (Å²) in [6, 6.07) is 11.6. The third-order valence-electron chi connectivity index (χ3n) is 3.28. The predicted octanol–water partition coefficient (Wildman–Crippen LogP) is 3.63. The lowest BCUT2D eigenvalue weighted by molar-refractivity contribution is 0.174. The summed E-state index contributed by atoms with van der Waals surface area (Å²) in [5.74, 6) is 1.52. The number of nitrogens with one attached hydrogen (secondary N) is 1. The van der Waals surface area contributed by atoms with Crippen LogP contribution in [-0.2, 0) is 0 Å². The molecule has 0 amide bonds. The van der Waals surface area contributed by atoms with E-state index in [2.05, 4.69) is 31.1 Å². The highest BCUT2D eigenvalue weighted by Crippen LogP contribution is 2.38. The van der Waals surface area contributed by atoms with Gasteiger partial charge in [0.2, 0.25) is 6.79 Å². The molecule has 3 heterocycles. The Balaban J connectivity index is 1.82. The summed E-state index contributed by atoms with van der Waals surface area (Å²) in [6.45, 7) is 0.268. The van der Waals surface area contributed by atoms with Crippen molar-refractivity contribution in [3.63, 3.8) is 0 Å². The number of aromatic amines is 1. The smallest absolute Gasteiger partial charge is 0.231 e. The van der Waals surface area contributed by atoms with E-state index in [0.717, 1.165) is 38.6 Å². The van der Waals surface area contributed by atoms with Gasteiger partial charge in [-0.3, -0.25) is 5.10 Å². The molecule has 0 unspecified atom stereocenters. The molecule has 0 saturated heterocycles. The summed E-state index contributed by atoms with van der Waals surface area (Å²) in [7, 11) is 0. The van der Waals surface area contributed by atoms with Gasteiger partial charge in [0.05, 0.1) is 5.69 Å². The molecule has 21 heavy (non-hydrogen) atoms. The number of ether oxygens (including phenoxy) is 2. The van der Waals surface area contributed by atoms with Crippen LogP contribution < -0.4 is 9.47 Å². The van der Waals surface area contributed by atoms with E-state index in [-0.39, 0.29) is 6.79 Å². The molecule has 6 heteroatoms. The average Bonchev–Trinajstić information content (AvgIpc) is 3.15. The fraction of sp³-hybridized carbons (Fsp3) is 0.0667. The number of hydrogen-bond donors (Lipinski definition) is 1. The molecule has 5 nitrogen and oxygen atoms in total. The van der Waals surface area contributed by atoms with Crippen molar-refractivity contribution < 1.29 is 9.47 Å². The Morgan fingerprint density at radius 1 is 1.10 bits per heavy atom. The minimum Gasteiger partial charge on any atom is -0.454 e. The Morgan fingerprint density at radius 3 is 2.90 bits per heavy atom. The molecule has 0 spiro atoms. The van der Waals surface area contributed by atoms with Crippen LogP contribution in [0.25, 0.3) is 22.5 Å². The first-order chi connectivity index (χ1) is 10.3. The highest BCUT2D eigenvalue weighted by atomic mass is 79.9. The Kier molecular flexibility index (Phi) is 2.89. The van der Waals surface area contributed by atoms with Gasteiger partial charge in [-0.15, -0.1) is 0 Å². The molecule has 2 aromatic heterocycles. The van der Waals surface area contributed by atoms with Crippen LogP contribution in [0.1, 0.15) is 0 Å². The van der Waals surface area contributed by atoms with Gasteiger partial charge in [0.25, 0.3) is 0 Å². The number of halogens is 1. The first kappa shape index (κ1) is 12.4. The predicted molar refractivity (Wildman–Crippen MR) is 81.1 cm³/mol. The van der Waals surface area contributed by atoms with Crippen molar-refractivity contribution in [3.8, 4) is 34.0 Å². The molecule has 0 radical (unpaired) electrons. The van der Waals surface area contributed by atoms with Crippen LogP contribution in [-0.4, -0.2) is 22.0 Å². The molecular weight excluding hydrogens is 334 g/mol. The van der Waals surface area contributed by atoms with E-state index in [4.69, 9.17) is 9.47 Å². The fourth-order valence-corrected chi connectivity index (χ4v) is 2.65. The van der Waals surface area contributed by atoms with E-state index < -0.39 is 0 Å². The molecule has 1 aromatic carbocycles. The zero-order chi connectivity index (χ0) is 14.2. The lowest BCUT2D eigenvalue weighted by atomic mass is 10.0. The van der Waals surface area contributed by atoms with Gasteiger partial charge in [-0.1, -0.05) is 12.1 Å². The van der Waals surface area contributed by atoms with Crippen LogP contribution in [0, 0.1) is 0 Å². The second kappa shape index (κ2) is 4.89. The zero-order valence-electron chi connectivity index (χ0n) is 10.8. The van der Waals surface area contributed by atoms with Crippen molar-refractivity contribution in [1.82, 2.24) is 15.2 Å². The third-order valence-corrected chi connectivity index (χ3v) is 3.72. The zero-order valence-corrected chi connectivity index (χ0v) is 12.4. The number of H-pyrrole nitrogens is 1. The lowest BCUT2D eigenvalue weighted by Crippen LogP contribution is -1.92. The minimum absolute atomic E-state index is 0.268. The molecule has 1 aliphatic rings. The molecule has 1 N–H and O–H groups in total. The topological polar surface area (TPSA) is 60.0 Å². The summed E-state index contributed by atoms with van der Waals surface area (Å²) >= 11 is 3.38. The van der Waals surface area contributed by atoms with E-state index >= 15 is 0 Å². The van der Waals surface area contributed by atoms with Crippen molar-refractivity contribution in [3.05, 3.63) is 47.2 Å². The number of hydrogen-bond acceptors (Lipinski definition) is 4. The molecule has 0 atom stereocenters. The number of rotatable bonds is 2. The molecule has 4 rings (SSSR count). The van der Waals surface area contributed by atoms with E-state index in [9.17, 15) is 0 Å². The quantitative estimate of drug-likeness (QED) is 0.721. The molecule has 0 bridgehead atoms. The molecule has 104 valence electrons. The maximum absolute atomic E-state index is 5.43. The summed E-state index contributed by atoms with van der Waals surface area (Å²) in [4.78, 5) is 4.45. The van der Waals surface area contributed by atoms with E-state index in [1.54, 1.807) is 0 Å². The molecular formula is C15H10BrN3O2. The van der Waals surface area contributed by atoms with Gasteiger partial charge >= 0.3 is 0 Å². The normalized spacial score (nSPS) is 12.6. The maximum Gasteiger partial charge on any atom is 0.231 e. The van der Waals surface area contributed by atoms with Crippen LogP contribution in [0.3, 0.4) is 0 Å². The number of nitrogens with zero attached hydrogens (tertiary/aromatic N) is 2. The van der Waals surface area contributed by atoms with Gasteiger partial charge in [0.1, 0.15) is 10.3 Å². The van der Waals surface area contributed by atoms with Crippen LogP contribution >= 0.6 is 15.9 Å². The van der Waals surface area contributed by atoms with Crippen molar-refractivity contribution in [2.45, 2.75) is 0 Å². The number of fused-ring (bicyclic) bond motifs is 1. The van der Waals surface area contributed by atoms with Gasteiger partial charge in [-0.05, 0) is 45.8 Å². The van der Waals surface area contributed by atoms with Gasteiger partial charge < -0.3 is 9.47 Å². The van der Waals surface area contributed by atoms with Crippen LogP contribution in [0.5, 0.6) is 11.5 Å². The standard InChI is InChI=1S/C15H10BrN3O2/c16-14-3-1-2-11(18-14)15-10(7-17-19-15)9-4-5-12-13(6-9)21-8-20-12/h1-7H,8H2,(H,17,19). The SMILES string of the molecule is Brc1cccc(-c2n[nH]cc2-c2ccc3c(c2)OCO3)n1. The largest absolute Gasteiger partial charge is 0.454 e. The van der Waals surface area contributed by atoms with E-state index in [1.807, 2.05) is 42.6 Å². The molecule has 0 fully saturated rings. The Bertz CT molecular complexity index is 816. The summed E-state index contributed by atoms with van der Waals surface area (Å²) < 4.78 is 11.5. The average molecular weight is 344 g/mol. The highest BCUT2D eigenvalue weighted by molar-refractivity contribution is 9.10. The first-order valence-corrected chi connectivity index (χ1v) is 7.17. The molecule has 1 aliphatic heterocycles. The Morgan fingerprint density at radius 2 is 2.00 bits per heavy atom. The summed E-state index contributed by atoms with van der Waals surface area (Å²) in [5.41, 5.74) is 3.58. The van der Waals surface area contributed by atoms with Gasteiger partial charge in [-0.25, -0.2) is 4.98 Å². The highest BCUT2D eigenvalue weighted by Gasteiger charge is 2.17. The first-order valence-electron chi connectivity index (χ1n) is 6.38. The van der Waals surface area contributed by atoms with Crippen molar-refractivity contribution in [1.29, 1.82) is 0 Å². The van der Waals surface area contributed by atoms with Gasteiger partial charge in [-0.2, -0.15) is 5.10 Å². The van der Waals surface area contributed by atoms with Crippen molar-refractivity contribution >= 4 is 15.9 Å². The molecule has 0 aliphatic carbocycles. The Hall–Kier alpha value is -2.34. The lowest BCUT2D eigenvalue weighted by Gasteiger charge is -2.04. The number of pyridine rings is 1.